The highest BCUT2D eigenvalue weighted by molar-refractivity contribution is 7.90. The highest BCUT2D eigenvalue weighted by Gasteiger charge is 2.46. The van der Waals surface area contributed by atoms with Crippen molar-refractivity contribution in [1.82, 2.24) is 4.72 Å². The number of rotatable bonds is 5. The van der Waals surface area contributed by atoms with Crippen molar-refractivity contribution in [2.75, 3.05) is 6.61 Å². The fraction of sp³-hybridized carbons (Fsp3) is 0.875. The summed E-state index contributed by atoms with van der Waals surface area (Å²) in [5, 5.41) is 0. The van der Waals surface area contributed by atoms with Crippen LogP contribution in [0.3, 0.4) is 0 Å². The predicted molar refractivity (Wildman–Crippen MR) is 53.4 cm³/mol. The van der Waals surface area contributed by atoms with Crippen molar-refractivity contribution in [1.29, 1.82) is 0 Å². The van der Waals surface area contributed by atoms with Crippen molar-refractivity contribution in [2.24, 2.45) is 5.92 Å². The lowest BCUT2D eigenvalue weighted by Crippen LogP contribution is -2.43. The van der Waals surface area contributed by atoms with E-state index in [1.54, 1.807) is 13.8 Å². The Bertz CT molecular complexity index is 363. The first kappa shape index (κ1) is 16.2. The molecule has 0 aliphatic rings. The monoisotopic (exact) mass is 277 g/mol. The van der Waals surface area contributed by atoms with E-state index < -0.39 is 40.1 Å². The molecule has 1 N–H and O–H groups in total. The minimum Gasteiger partial charge on any atom is -0.464 e. The Hall–Kier alpha value is -0.830. The van der Waals surface area contributed by atoms with Gasteiger partial charge in [-0.2, -0.15) is 13.2 Å². The third-order valence-electron chi connectivity index (χ3n) is 1.61. The van der Waals surface area contributed by atoms with Crippen LogP contribution in [0.2, 0.25) is 0 Å². The molecule has 0 saturated heterocycles. The molecule has 0 rings (SSSR count). The minimum absolute atomic E-state index is 0.429. The van der Waals surface area contributed by atoms with Crippen LogP contribution >= 0.6 is 0 Å². The van der Waals surface area contributed by atoms with Crippen LogP contribution in [0.4, 0.5) is 13.2 Å². The molecule has 0 aliphatic heterocycles. The van der Waals surface area contributed by atoms with Crippen LogP contribution in [0.5, 0.6) is 0 Å². The first-order valence-corrected chi connectivity index (χ1v) is 6.21. The molecule has 0 aliphatic carbocycles. The topological polar surface area (TPSA) is 72.5 Å². The molecule has 1 unspecified atom stereocenters. The lowest BCUT2D eigenvalue weighted by molar-refractivity contribution is -0.147. The van der Waals surface area contributed by atoms with Gasteiger partial charge >= 0.3 is 21.5 Å². The minimum atomic E-state index is -5.41. The molecule has 0 aromatic heterocycles. The first-order valence-electron chi connectivity index (χ1n) is 4.72. The fourth-order valence-electron chi connectivity index (χ4n) is 0.739. The summed E-state index contributed by atoms with van der Waals surface area (Å²) in [6, 6.07) is -1.15. The van der Waals surface area contributed by atoms with E-state index in [2.05, 4.69) is 4.74 Å². The largest absolute Gasteiger partial charge is 0.511 e. The van der Waals surface area contributed by atoms with Gasteiger partial charge in [-0.3, -0.25) is 4.79 Å². The Labute approximate surface area is 97.4 Å². The Kier molecular flexibility index (Phi) is 5.40. The maximum absolute atomic E-state index is 12.0. The van der Waals surface area contributed by atoms with Gasteiger partial charge in [-0.1, -0.05) is 13.8 Å². The molecular formula is C8H14F3NO4S. The molecule has 0 aromatic rings. The maximum atomic E-state index is 12.0. The summed E-state index contributed by atoms with van der Waals surface area (Å²) in [4.78, 5) is 11.0. The number of carbonyl (C=O) groups excluding carboxylic acids is 1. The molecule has 5 nitrogen and oxygen atoms in total. The zero-order chi connectivity index (χ0) is 13.9. The molecule has 0 aromatic carbocycles. The predicted octanol–water partition coefficient (Wildman–Crippen LogP) is 1.01. The van der Waals surface area contributed by atoms with Gasteiger partial charge in [0.2, 0.25) is 0 Å². The molecule has 0 heterocycles. The molecule has 9 heteroatoms. The highest BCUT2D eigenvalue weighted by atomic mass is 32.2. The zero-order valence-electron chi connectivity index (χ0n) is 9.54. The molecule has 0 radical (unpaired) electrons. The molecule has 0 amide bonds. The van der Waals surface area contributed by atoms with Crippen LogP contribution in [0.1, 0.15) is 20.8 Å². The normalized spacial score (nSPS) is 14.8. The van der Waals surface area contributed by atoms with Gasteiger partial charge in [-0.15, -0.1) is 0 Å². The summed E-state index contributed by atoms with van der Waals surface area (Å²) < 4.78 is 63.2. The third kappa shape index (κ3) is 5.35. The molecule has 0 bridgehead atoms. The molecular weight excluding hydrogens is 263 g/mol. The van der Waals surface area contributed by atoms with E-state index in [1.165, 1.54) is 4.72 Å². The van der Waals surface area contributed by atoms with E-state index in [-0.39, 0.29) is 0 Å². The van der Waals surface area contributed by atoms with E-state index in [4.69, 9.17) is 0 Å². The number of nitrogens with one attached hydrogen (secondary N) is 1. The smallest absolute Gasteiger partial charge is 0.464 e. The quantitative estimate of drug-likeness (QED) is 0.761. The fourth-order valence-corrected chi connectivity index (χ4v) is 1.47. The van der Waals surface area contributed by atoms with Crippen molar-refractivity contribution >= 4 is 16.0 Å². The van der Waals surface area contributed by atoms with E-state index >= 15 is 0 Å². The van der Waals surface area contributed by atoms with Gasteiger partial charge in [-0.05, 0) is 6.92 Å². The Morgan fingerprint density at radius 2 is 1.76 bits per heavy atom. The molecule has 1 atom stereocenters. The number of halogens is 3. The van der Waals surface area contributed by atoms with Crippen molar-refractivity contribution < 1.29 is 31.1 Å². The number of sulfonamides is 1. The van der Waals surface area contributed by atoms with E-state index in [1.807, 2.05) is 0 Å². The number of esters is 1. The standard InChI is InChI=1S/C8H14F3NO4S/c1-5(2)7(13)16-4-6(3)12-17(14,15)8(9,10)11/h5-6,12H,4H2,1-3H3. The molecule has 102 valence electrons. The van der Waals surface area contributed by atoms with Gasteiger partial charge in [0.05, 0.1) is 12.0 Å². The lowest BCUT2D eigenvalue weighted by Gasteiger charge is -2.16. The first-order chi connectivity index (χ1) is 7.47. The van der Waals surface area contributed by atoms with E-state index in [9.17, 15) is 26.4 Å². The second-order valence-corrected chi connectivity index (χ2v) is 5.46. The van der Waals surface area contributed by atoms with E-state index in [0.29, 0.717) is 0 Å². The number of ether oxygens (including phenoxy) is 1. The van der Waals surface area contributed by atoms with Crippen LogP contribution in [0, 0.1) is 5.92 Å². The second-order valence-electron chi connectivity index (χ2n) is 3.75. The van der Waals surface area contributed by atoms with Crippen molar-refractivity contribution in [3.05, 3.63) is 0 Å². The maximum Gasteiger partial charge on any atom is 0.511 e. The number of carbonyl (C=O) groups is 1. The summed E-state index contributed by atoms with van der Waals surface area (Å²) >= 11 is 0. The van der Waals surface area contributed by atoms with Gasteiger partial charge in [0.1, 0.15) is 6.61 Å². The van der Waals surface area contributed by atoms with Crippen molar-refractivity contribution in [3.8, 4) is 0 Å². The summed E-state index contributed by atoms with van der Waals surface area (Å²) in [6.45, 7) is 3.81. The third-order valence-corrected chi connectivity index (χ3v) is 2.93. The van der Waals surface area contributed by atoms with Crippen molar-refractivity contribution in [3.63, 3.8) is 0 Å². The van der Waals surface area contributed by atoms with Crippen LogP contribution in [0.15, 0.2) is 0 Å². The van der Waals surface area contributed by atoms with Gasteiger partial charge in [0.25, 0.3) is 0 Å². The van der Waals surface area contributed by atoms with Gasteiger partial charge in [-0.25, -0.2) is 13.1 Å². The number of hydrogen-bond donors (Lipinski definition) is 1. The molecule has 0 fully saturated rings. The van der Waals surface area contributed by atoms with Crippen LogP contribution in [-0.2, 0) is 19.6 Å². The lowest BCUT2D eigenvalue weighted by atomic mass is 10.2. The van der Waals surface area contributed by atoms with Crippen molar-refractivity contribution in [2.45, 2.75) is 32.3 Å². The Morgan fingerprint density at radius 3 is 2.12 bits per heavy atom. The summed E-state index contributed by atoms with van der Waals surface area (Å²) in [5.41, 5.74) is -5.37. The molecule has 17 heavy (non-hydrogen) atoms. The second kappa shape index (κ2) is 5.67. The summed E-state index contributed by atoms with van der Waals surface area (Å²) in [5.74, 6) is -1.04. The Balaban J connectivity index is 4.30. The zero-order valence-corrected chi connectivity index (χ0v) is 10.4. The molecule has 0 saturated carbocycles. The van der Waals surface area contributed by atoms with Gasteiger partial charge in [0.15, 0.2) is 0 Å². The Morgan fingerprint density at radius 1 is 1.29 bits per heavy atom. The number of hydrogen-bond acceptors (Lipinski definition) is 4. The van der Waals surface area contributed by atoms with E-state index in [0.717, 1.165) is 6.92 Å². The van der Waals surface area contributed by atoms with Crippen LogP contribution in [0.25, 0.3) is 0 Å². The molecule has 0 spiro atoms. The SMILES string of the molecule is CC(COC(=O)C(C)C)NS(=O)(=O)C(F)(F)F. The average Bonchev–Trinajstić information content (AvgIpc) is 2.11. The summed E-state index contributed by atoms with van der Waals surface area (Å²) in [6.07, 6.45) is 0. The van der Waals surface area contributed by atoms with Gasteiger partial charge < -0.3 is 4.74 Å². The van der Waals surface area contributed by atoms with Gasteiger partial charge in [0, 0.05) is 0 Å². The highest BCUT2D eigenvalue weighted by Crippen LogP contribution is 2.21. The summed E-state index contributed by atoms with van der Waals surface area (Å²) in [7, 11) is -5.41. The average molecular weight is 277 g/mol. The number of alkyl halides is 3. The van der Waals surface area contributed by atoms with Crippen LogP contribution in [-0.4, -0.2) is 32.5 Å². The van der Waals surface area contributed by atoms with Crippen LogP contribution < -0.4 is 4.72 Å².